The molecule has 126 valence electrons. The first-order valence-corrected chi connectivity index (χ1v) is 9.38. The molecule has 1 aromatic carbocycles. The number of pyridine rings is 1. The number of anilines is 1. The predicted octanol–water partition coefficient (Wildman–Crippen LogP) is 1.71. The van der Waals surface area contributed by atoms with Crippen LogP contribution in [0, 0.1) is 6.92 Å². The lowest BCUT2D eigenvalue weighted by molar-refractivity contribution is 0.484. The van der Waals surface area contributed by atoms with E-state index in [2.05, 4.69) is 15.2 Å². The van der Waals surface area contributed by atoms with Gasteiger partial charge in [-0.1, -0.05) is 17.7 Å². The van der Waals surface area contributed by atoms with Gasteiger partial charge in [0.15, 0.2) is 5.75 Å². The summed E-state index contributed by atoms with van der Waals surface area (Å²) in [6.45, 7) is 3.78. The summed E-state index contributed by atoms with van der Waals surface area (Å²) in [5.41, 5.74) is 1.90. The molecular formula is C17H19N3O3S. The van der Waals surface area contributed by atoms with Gasteiger partial charge in [-0.3, -0.25) is 4.98 Å². The maximum absolute atomic E-state index is 12.4. The summed E-state index contributed by atoms with van der Waals surface area (Å²) in [4.78, 5) is 6.56. The van der Waals surface area contributed by atoms with E-state index in [0.29, 0.717) is 12.1 Å². The highest BCUT2D eigenvalue weighted by molar-refractivity contribution is 7.87. The Kier molecular flexibility index (Phi) is 3.69. The third-order valence-corrected chi connectivity index (χ3v) is 5.86. The molecule has 4 rings (SSSR count). The van der Waals surface area contributed by atoms with Crippen LogP contribution in [0.5, 0.6) is 5.75 Å². The minimum Gasteiger partial charge on any atom is -0.377 e. The molecule has 2 bridgehead atoms. The fourth-order valence-electron chi connectivity index (χ4n) is 3.37. The number of nitrogens with one attached hydrogen (secondary N) is 1. The van der Waals surface area contributed by atoms with E-state index in [9.17, 15) is 8.42 Å². The van der Waals surface area contributed by atoms with Gasteiger partial charge in [0.05, 0.1) is 18.1 Å². The number of hydrogen-bond acceptors (Lipinski definition) is 6. The Bertz CT molecular complexity index is 852. The Morgan fingerprint density at radius 1 is 1.25 bits per heavy atom. The molecule has 0 aliphatic carbocycles. The predicted molar refractivity (Wildman–Crippen MR) is 90.8 cm³/mol. The minimum atomic E-state index is -3.85. The smallest absolute Gasteiger partial charge is 0.339 e. The van der Waals surface area contributed by atoms with Crippen molar-refractivity contribution in [2.75, 3.05) is 18.0 Å². The number of piperazine rings is 1. The number of hydrogen-bond donors (Lipinski definition) is 1. The molecule has 0 unspecified atom stereocenters. The van der Waals surface area contributed by atoms with Gasteiger partial charge in [-0.15, -0.1) is 0 Å². The number of aryl methyl sites for hydroxylation is 1. The van der Waals surface area contributed by atoms with Crippen molar-refractivity contribution in [1.82, 2.24) is 10.3 Å². The first kappa shape index (κ1) is 15.4. The molecule has 1 N–H and O–H groups in total. The van der Waals surface area contributed by atoms with Gasteiger partial charge in [-0.05, 0) is 25.5 Å². The molecule has 0 amide bonds. The zero-order chi connectivity index (χ0) is 16.7. The maximum atomic E-state index is 12.4. The van der Waals surface area contributed by atoms with Gasteiger partial charge < -0.3 is 14.4 Å². The molecule has 2 aliphatic rings. The molecule has 2 aromatic rings. The standard InChI is InChI=1S/C17H19N3O3S/c1-12-2-4-17(5-3-12)24(21,22)23-16-7-15(8-18-10-16)20-11-13-6-14(20)9-19-13/h2-5,7-8,10,13-14,19H,6,9,11H2,1H3/t13-,14-/m0/s1. The van der Waals surface area contributed by atoms with E-state index in [1.54, 1.807) is 36.5 Å². The van der Waals surface area contributed by atoms with E-state index >= 15 is 0 Å². The highest BCUT2D eigenvalue weighted by Gasteiger charge is 2.37. The molecule has 2 saturated heterocycles. The molecule has 24 heavy (non-hydrogen) atoms. The van der Waals surface area contributed by atoms with Crippen molar-refractivity contribution in [1.29, 1.82) is 0 Å². The number of rotatable bonds is 4. The van der Waals surface area contributed by atoms with Crippen molar-refractivity contribution in [3.05, 3.63) is 48.3 Å². The summed E-state index contributed by atoms with van der Waals surface area (Å²) >= 11 is 0. The minimum absolute atomic E-state index is 0.142. The number of nitrogens with zero attached hydrogens (tertiary/aromatic N) is 2. The fraction of sp³-hybridized carbons (Fsp3) is 0.353. The first-order valence-electron chi connectivity index (χ1n) is 7.97. The van der Waals surface area contributed by atoms with Crippen molar-refractivity contribution in [2.24, 2.45) is 0 Å². The van der Waals surface area contributed by atoms with Gasteiger partial charge in [0, 0.05) is 31.2 Å². The summed E-state index contributed by atoms with van der Waals surface area (Å²) < 4.78 is 30.1. The third-order valence-electron chi connectivity index (χ3n) is 4.60. The Balaban J connectivity index is 1.56. The van der Waals surface area contributed by atoms with Crippen molar-refractivity contribution >= 4 is 15.8 Å². The molecular weight excluding hydrogens is 326 g/mol. The number of benzene rings is 1. The Labute approximate surface area is 141 Å². The molecule has 3 heterocycles. The van der Waals surface area contributed by atoms with E-state index < -0.39 is 10.1 Å². The summed E-state index contributed by atoms with van der Waals surface area (Å²) in [6.07, 6.45) is 4.31. The van der Waals surface area contributed by atoms with Crippen LogP contribution in [0.25, 0.3) is 0 Å². The number of aromatic nitrogens is 1. The normalized spacial score (nSPS) is 22.8. The molecule has 1 aromatic heterocycles. The zero-order valence-electron chi connectivity index (χ0n) is 13.3. The summed E-state index contributed by atoms with van der Waals surface area (Å²) in [7, 11) is -3.85. The molecule has 2 atom stereocenters. The average Bonchev–Trinajstić information content (AvgIpc) is 3.18. The van der Waals surface area contributed by atoms with E-state index in [1.165, 1.54) is 6.20 Å². The van der Waals surface area contributed by atoms with Gasteiger partial charge >= 0.3 is 10.1 Å². The quantitative estimate of drug-likeness (QED) is 0.851. The van der Waals surface area contributed by atoms with Crippen LogP contribution in [-0.4, -0.2) is 38.6 Å². The van der Waals surface area contributed by atoms with Crippen LogP contribution < -0.4 is 14.4 Å². The van der Waals surface area contributed by atoms with E-state index in [4.69, 9.17) is 4.18 Å². The molecule has 0 saturated carbocycles. The third kappa shape index (κ3) is 2.85. The first-order chi connectivity index (χ1) is 11.5. The van der Waals surface area contributed by atoms with Crippen LogP contribution >= 0.6 is 0 Å². The molecule has 0 radical (unpaired) electrons. The zero-order valence-corrected chi connectivity index (χ0v) is 14.2. The molecule has 0 spiro atoms. The monoisotopic (exact) mass is 345 g/mol. The van der Waals surface area contributed by atoms with Gasteiger partial charge in [0.1, 0.15) is 4.90 Å². The lowest BCUT2D eigenvalue weighted by Gasteiger charge is -2.29. The Morgan fingerprint density at radius 3 is 2.71 bits per heavy atom. The van der Waals surface area contributed by atoms with Crippen LogP contribution in [-0.2, 0) is 10.1 Å². The highest BCUT2D eigenvalue weighted by atomic mass is 32.2. The lowest BCUT2D eigenvalue weighted by atomic mass is 10.2. The van der Waals surface area contributed by atoms with Crippen LogP contribution in [0.3, 0.4) is 0 Å². The van der Waals surface area contributed by atoms with Crippen molar-refractivity contribution < 1.29 is 12.6 Å². The van der Waals surface area contributed by atoms with Crippen LogP contribution in [0.4, 0.5) is 5.69 Å². The summed E-state index contributed by atoms with van der Waals surface area (Å²) in [5, 5.41) is 3.45. The van der Waals surface area contributed by atoms with Crippen LogP contribution in [0.15, 0.2) is 47.6 Å². The number of fused-ring (bicyclic) bond motifs is 2. The molecule has 2 fully saturated rings. The maximum Gasteiger partial charge on any atom is 0.339 e. The van der Waals surface area contributed by atoms with Gasteiger partial charge in [-0.2, -0.15) is 8.42 Å². The molecule has 7 heteroatoms. The Hall–Kier alpha value is -2.12. The van der Waals surface area contributed by atoms with E-state index in [1.807, 2.05) is 6.92 Å². The van der Waals surface area contributed by atoms with Crippen LogP contribution in [0.2, 0.25) is 0 Å². The summed E-state index contributed by atoms with van der Waals surface area (Å²) in [5.74, 6) is 0.240. The van der Waals surface area contributed by atoms with E-state index in [0.717, 1.165) is 30.8 Å². The van der Waals surface area contributed by atoms with Crippen molar-refractivity contribution in [3.63, 3.8) is 0 Å². The molecule has 6 nitrogen and oxygen atoms in total. The van der Waals surface area contributed by atoms with Crippen molar-refractivity contribution in [3.8, 4) is 5.75 Å². The largest absolute Gasteiger partial charge is 0.377 e. The van der Waals surface area contributed by atoms with Crippen molar-refractivity contribution in [2.45, 2.75) is 30.3 Å². The second kappa shape index (κ2) is 5.75. The van der Waals surface area contributed by atoms with E-state index in [-0.39, 0.29) is 10.6 Å². The Morgan fingerprint density at radius 2 is 2.04 bits per heavy atom. The van der Waals surface area contributed by atoms with Gasteiger partial charge in [-0.25, -0.2) is 0 Å². The molecule has 2 aliphatic heterocycles. The van der Waals surface area contributed by atoms with Crippen LogP contribution in [0.1, 0.15) is 12.0 Å². The SMILES string of the molecule is Cc1ccc(S(=O)(=O)Oc2cncc(N3C[C@@H]4C[C@H]3CN4)c2)cc1. The van der Waals surface area contributed by atoms with Gasteiger partial charge in [0.2, 0.25) is 0 Å². The van der Waals surface area contributed by atoms with Gasteiger partial charge in [0.25, 0.3) is 0 Å². The fourth-order valence-corrected chi connectivity index (χ4v) is 4.28. The lowest BCUT2D eigenvalue weighted by Crippen LogP contribution is -2.43. The second-order valence-electron chi connectivity index (χ2n) is 6.38. The average molecular weight is 345 g/mol. The second-order valence-corrected chi connectivity index (χ2v) is 7.92. The summed E-state index contributed by atoms with van der Waals surface area (Å²) in [6, 6.07) is 9.30. The highest BCUT2D eigenvalue weighted by Crippen LogP contribution is 2.31. The topological polar surface area (TPSA) is 71.5 Å².